The summed E-state index contributed by atoms with van der Waals surface area (Å²) >= 11 is 1.51. The summed E-state index contributed by atoms with van der Waals surface area (Å²) in [7, 11) is 0. The van der Waals surface area contributed by atoms with Crippen LogP contribution < -0.4 is 14.8 Å². The molecule has 2 heterocycles. The minimum Gasteiger partial charge on any atom is -0.454 e. The fourth-order valence-corrected chi connectivity index (χ4v) is 4.06. The van der Waals surface area contributed by atoms with E-state index >= 15 is 0 Å². The summed E-state index contributed by atoms with van der Waals surface area (Å²) in [6.45, 7) is 0.177. The van der Waals surface area contributed by atoms with E-state index in [2.05, 4.69) is 11.4 Å². The molecule has 0 spiro atoms. The normalized spacial score (nSPS) is 14.5. The van der Waals surface area contributed by atoms with Crippen molar-refractivity contribution in [1.82, 2.24) is 0 Å². The maximum atomic E-state index is 12.4. The van der Waals surface area contributed by atoms with Crippen LogP contribution in [0.2, 0.25) is 0 Å². The standard InChI is InChI=1S/C16H12N2O3S/c17-7-11-10-2-1-3-14(10)22-16(11)18-15(19)9-4-5-12-13(6-9)21-8-20-12/h4-6H,1-3,8H2,(H,18,19). The molecule has 1 aromatic heterocycles. The van der Waals surface area contributed by atoms with E-state index in [0.29, 0.717) is 27.6 Å². The summed E-state index contributed by atoms with van der Waals surface area (Å²) < 4.78 is 10.5. The first kappa shape index (κ1) is 13.2. The monoisotopic (exact) mass is 312 g/mol. The number of hydrogen-bond acceptors (Lipinski definition) is 5. The van der Waals surface area contributed by atoms with E-state index < -0.39 is 0 Å². The molecule has 1 amide bonds. The van der Waals surface area contributed by atoms with Gasteiger partial charge in [0.15, 0.2) is 11.5 Å². The number of ether oxygens (including phenoxy) is 2. The van der Waals surface area contributed by atoms with Crippen molar-refractivity contribution in [3.05, 3.63) is 39.8 Å². The Balaban J connectivity index is 1.62. The molecule has 5 nitrogen and oxygen atoms in total. The fraction of sp³-hybridized carbons (Fsp3) is 0.250. The van der Waals surface area contributed by atoms with Crippen LogP contribution in [0.25, 0.3) is 0 Å². The third-order valence-electron chi connectivity index (χ3n) is 3.89. The van der Waals surface area contributed by atoms with Crippen LogP contribution in [0.1, 0.15) is 32.8 Å². The lowest BCUT2D eigenvalue weighted by molar-refractivity contribution is 0.102. The summed E-state index contributed by atoms with van der Waals surface area (Å²) in [6, 6.07) is 7.29. The van der Waals surface area contributed by atoms with E-state index in [4.69, 9.17) is 9.47 Å². The van der Waals surface area contributed by atoms with Crippen molar-refractivity contribution in [2.24, 2.45) is 0 Å². The van der Waals surface area contributed by atoms with Gasteiger partial charge in [0.1, 0.15) is 11.1 Å². The molecule has 0 atom stereocenters. The lowest BCUT2D eigenvalue weighted by atomic mass is 10.1. The number of carbonyl (C=O) groups is 1. The van der Waals surface area contributed by atoms with Gasteiger partial charge in [-0.1, -0.05) is 0 Å². The molecule has 0 bridgehead atoms. The Bertz CT molecular complexity index is 820. The average Bonchev–Trinajstić information content (AvgIpc) is 3.21. The van der Waals surface area contributed by atoms with Gasteiger partial charge in [-0.2, -0.15) is 5.26 Å². The van der Waals surface area contributed by atoms with E-state index in [1.807, 2.05) is 0 Å². The molecule has 1 N–H and O–H groups in total. The Morgan fingerprint density at radius 3 is 3.00 bits per heavy atom. The summed E-state index contributed by atoms with van der Waals surface area (Å²) in [5.41, 5.74) is 2.21. The van der Waals surface area contributed by atoms with E-state index in [1.54, 1.807) is 18.2 Å². The third kappa shape index (κ3) is 2.02. The van der Waals surface area contributed by atoms with Gasteiger partial charge in [0.2, 0.25) is 6.79 Å². The third-order valence-corrected chi connectivity index (χ3v) is 5.10. The number of nitrogens with zero attached hydrogens (tertiary/aromatic N) is 1. The van der Waals surface area contributed by atoms with Crippen molar-refractivity contribution >= 4 is 22.2 Å². The molecule has 0 radical (unpaired) electrons. The molecule has 0 unspecified atom stereocenters. The van der Waals surface area contributed by atoms with E-state index in [1.165, 1.54) is 16.2 Å². The number of thiophene rings is 1. The number of nitriles is 1. The van der Waals surface area contributed by atoms with Crippen LogP contribution in [-0.4, -0.2) is 12.7 Å². The molecule has 2 aliphatic rings. The predicted molar refractivity (Wildman–Crippen MR) is 81.6 cm³/mol. The van der Waals surface area contributed by atoms with Crippen LogP contribution >= 0.6 is 11.3 Å². The zero-order valence-electron chi connectivity index (χ0n) is 11.6. The SMILES string of the molecule is N#Cc1c(NC(=O)c2ccc3c(c2)OCO3)sc2c1CCC2. The topological polar surface area (TPSA) is 71.4 Å². The van der Waals surface area contributed by atoms with Gasteiger partial charge >= 0.3 is 0 Å². The number of amides is 1. The van der Waals surface area contributed by atoms with E-state index in [0.717, 1.165) is 24.8 Å². The van der Waals surface area contributed by atoms with Gasteiger partial charge in [-0.3, -0.25) is 4.79 Å². The number of nitrogens with one attached hydrogen (secondary N) is 1. The lowest BCUT2D eigenvalue weighted by Gasteiger charge is -2.05. The molecule has 1 aliphatic carbocycles. The minimum atomic E-state index is -0.241. The van der Waals surface area contributed by atoms with Crippen molar-refractivity contribution in [2.45, 2.75) is 19.3 Å². The van der Waals surface area contributed by atoms with Gasteiger partial charge in [0, 0.05) is 10.4 Å². The zero-order chi connectivity index (χ0) is 15.1. The number of anilines is 1. The molecular formula is C16H12N2O3S. The molecule has 2 aromatic rings. The minimum absolute atomic E-state index is 0.177. The van der Waals surface area contributed by atoms with E-state index in [9.17, 15) is 10.1 Å². The van der Waals surface area contributed by atoms with Gasteiger partial charge in [-0.05, 0) is 43.0 Å². The van der Waals surface area contributed by atoms with Crippen molar-refractivity contribution in [3.63, 3.8) is 0 Å². The number of fused-ring (bicyclic) bond motifs is 2. The maximum absolute atomic E-state index is 12.4. The Morgan fingerprint density at radius 1 is 1.27 bits per heavy atom. The number of aryl methyl sites for hydroxylation is 1. The Hall–Kier alpha value is -2.52. The van der Waals surface area contributed by atoms with Crippen molar-refractivity contribution in [3.8, 4) is 17.6 Å². The smallest absolute Gasteiger partial charge is 0.256 e. The predicted octanol–water partition coefficient (Wildman–Crippen LogP) is 3.09. The van der Waals surface area contributed by atoms with Crippen LogP contribution in [-0.2, 0) is 12.8 Å². The molecule has 1 aliphatic heterocycles. The van der Waals surface area contributed by atoms with Crippen molar-refractivity contribution in [2.75, 3.05) is 12.1 Å². The fourth-order valence-electron chi connectivity index (χ4n) is 2.82. The molecule has 4 rings (SSSR count). The van der Waals surface area contributed by atoms with Crippen LogP contribution in [0.5, 0.6) is 11.5 Å². The van der Waals surface area contributed by atoms with Gasteiger partial charge < -0.3 is 14.8 Å². The summed E-state index contributed by atoms with van der Waals surface area (Å²) in [4.78, 5) is 13.6. The maximum Gasteiger partial charge on any atom is 0.256 e. The van der Waals surface area contributed by atoms with Crippen molar-refractivity contribution < 1.29 is 14.3 Å². The molecule has 22 heavy (non-hydrogen) atoms. The highest BCUT2D eigenvalue weighted by Crippen LogP contribution is 2.39. The Kier molecular flexibility index (Phi) is 3.01. The molecule has 1 aromatic carbocycles. The van der Waals surface area contributed by atoms with Gasteiger partial charge in [-0.15, -0.1) is 11.3 Å². The van der Waals surface area contributed by atoms with Crippen LogP contribution in [0.15, 0.2) is 18.2 Å². The number of benzene rings is 1. The summed E-state index contributed by atoms with van der Waals surface area (Å²) in [5, 5.41) is 12.9. The largest absolute Gasteiger partial charge is 0.454 e. The highest BCUT2D eigenvalue weighted by atomic mass is 32.1. The summed E-state index contributed by atoms with van der Waals surface area (Å²) in [6.07, 6.45) is 3.01. The second-order valence-corrected chi connectivity index (χ2v) is 6.30. The second-order valence-electron chi connectivity index (χ2n) is 5.20. The van der Waals surface area contributed by atoms with Gasteiger partial charge in [0.05, 0.1) is 5.56 Å². The van der Waals surface area contributed by atoms with E-state index in [-0.39, 0.29) is 12.7 Å². The molecule has 6 heteroatoms. The van der Waals surface area contributed by atoms with Crippen LogP contribution in [0.3, 0.4) is 0 Å². The average molecular weight is 312 g/mol. The second kappa shape index (κ2) is 5.04. The zero-order valence-corrected chi connectivity index (χ0v) is 12.5. The number of carbonyl (C=O) groups excluding carboxylic acids is 1. The molecular weight excluding hydrogens is 300 g/mol. The molecule has 0 saturated heterocycles. The first-order valence-electron chi connectivity index (χ1n) is 7.02. The van der Waals surface area contributed by atoms with Crippen LogP contribution in [0, 0.1) is 11.3 Å². The molecule has 110 valence electrons. The first-order chi connectivity index (χ1) is 10.8. The Labute approximate surface area is 131 Å². The van der Waals surface area contributed by atoms with Gasteiger partial charge in [-0.25, -0.2) is 0 Å². The lowest BCUT2D eigenvalue weighted by Crippen LogP contribution is -2.11. The number of rotatable bonds is 2. The molecule has 0 fully saturated rings. The number of hydrogen-bond donors (Lipinski definition) is 1. The van der Waals surface area contributed by atoms with Crippen LogP contribution in [0.4, 0.5) is 5.00 Å². The summed E-state index contributed by atoms with van der Waals surface area (Å²) in [5.74, 6) is 0.973. The van der Waals surface area contributed by atoms with Gasteiger partial charge in [0.25, 0.3) is 5.91 Å². The highest BCUT2D eigenvalue weighted by Gasteiger charge is 2.24. The Morgan fingerprint density at radius 2 is 2.14 bits per heavy atom. The highest BCUT2D eigenvalue weighted by molar-refractivity contribution is 7.16. The first-order valence-corrected chi connectivity index (χ1v) is 7.83. The van der Waals surface area contributed by atoms with Crippen molar-refractivity contribution in [1.29, 1.82) is 5.26 Å². The molecule has 0 saturated carbocycles. The quantitative estimate of drug-likeness (QED) is 0.925.